The average molecular weight is 452 g/mol. The fourth-order valence-electron chi connectivity index (χ4n) is 5.27. The van der Waals surface area contributed by atoms with Crippen LogP contribution in [0, 0.1) is 5.92 Å². The molecular formula is C23H19F3N6O. The largest absolute Gasteiger partial charge is 0.416 e. The smallest absolute Gasteiger partial charge is 0.383 e. The van der Waals surface area contributed by atoms with E-state index in [-0.39, 0.29) is 29.5 Å². The second-order valence-electron chi connectivity index (χ2n) is 8.82. The van der Waals surface area contributed by atoms with Gasteiger partial charge in [0.2, 0.25) is 0 Å². The quantitative estimate of drug-likeness (QED) is 0.496. The van der Waals surface area contributed by atoms with Crippen LogP contribution in [0.2, 0.25) is 0 Å². The molecule has 3 aromatic heterocycles. The summed E-state index contributed by atoms with van der Waals surface area (Å²) >= 11 is 0. The molecule has 3 atom stereocenters. The highest BCUT2D eigenvalue weighted by Crippen LogP contribution is 2.63. The number of anilines is 1. The molecule has 1 saturated carbocycles. The second kappa shape index (κ2) is 6.43. The van der Waals surface area contributed by atoms with E-state index in [0.717, 1.165) is 23.6 Å². The molecule has 1 aromatic carbocycles. The van der Waals surface area contributed by atoms with Crippen LogP contribution in [0.15, 0.2) is 36.7 Å². The van der Waals surface area contributed by atoms with Crippen molar-refractivity contribution in [3.63, 3.8) is 0 Å². The van der Waals surface area contributed by atoms with Crippen molar-refractivity contribution in [3.05, 3.63) is 59.0 Å². The van der Waals surface area contributed by atoms with E-state index in [4.69, 9.17) is 5.73 Å². The number of rotatable bonds is 2. The van der Waals surface area contributed by atoms with Gasteiger partial charge in [0.05, 0.1) is 40.4 Å². The molecule has 0 radical (unpaired) electrons. The lowest BCUT2D eigenvalue weighted by Crippen LogP contribution is -2.32. The molecule has 10 heteroatoms. The maximum atomic E-state index is 13.4. The molecule has 0 aliphatic heterocycles. The van der Waals surface area contributed by atoms with E-state index < -0.39 is 11.7 Å². The second-order valence-corrected chi connectivity index (χ2v) is 8.82. The van der Waals surface area contributed by atoms with Crippen molar-refractivity contribution >= 4 is 33.5 Å². The summed E-state index contributed by atoms with van der Waals surface area (Å²) in [4.78, 5) is 23.7. The summed E-state index contributed by atoms with van der Waals surface area (Å²) in [6, 6.07) is 5.24. The fourth-order valence-corrected chi connectivity index (χ4v) is 5.27. The van der Waals surface area contributed by atoms with Gasteiger partial charge in [0.1, 0.15) is 11.5 Å². The van der Waals surface area contributed by atoms with Gasteiger partial charge in [0, 0.05) is 19.5 Å². The number of pyridine rings is 2. The molecule has 7 nitrogen and oxygen atoms in total. The number of hydrogen-bond donors (Lipinski definition) is 1. The number of nitrogen functional groups attached to an aromatic ring is 1. The van der Waals surface area contributed by atoms with Crippen molar-refractivity contribution in [1.82, 2.24) is 24.6 Å². The Morgan fingerprint density at radius 1 is 1.18 bits per heavy atom. The zero-order valence-corrected chi connectivity index (χ0v) is 17.8. The molecule has 2 aliphatic carbocycles. The van der Waals surface area contributed by atoms with Crippen molar-refractivity contribution in [3.8, 4) is 0 Å². The van der Waals surface area contributed by atoms with Gasteiger partial charge < -0.3 is 10.6 Å². The Kier molecular flexibility index (Phi) is 3.89. The van der Waals surface area contributed by atoms with Gasteiger partial charge in [-0.05, 0) is 47.6 Å². The number of aromatic nitrogens is 4. The van der Waals surface area contributed by atoms with Crippen molar-refractivity contribution < 1.29 is 18.0 Å². The van der Waals surface area contributed by atoms with Crippen molar-refractivity contribution in [2.45, 2.75) is 24.6 Å². The monoisotopic (exact) mass is 452 g/mol. The van der Waals surface area contributed by atoms with Gasteiger partial charge in [-0.1, -0.05) is 6.07 Å². The van der Waals surface area contributed by atoms with E-state index in [1.807, 2.05) is 0 Å². The molecule has 1 fully saturated rings. The van der Waals surface area contributed by atoms with Crippen LogP contribution in [-0.4, -0.2) is 37.6 Å². The van der Waals surface area contributed by atoms with Crippen LogP contribution in [0.4, 0.5) is 19.0 Å². The molecule has 2 N–H and O–H groups in total. The lowest BCUT2D eigenvalue weighted by molar-refractivity contribution is -0.137. The molecule has 3 heterocycles. The number of aryl methyl sites for hydroxylation is 1. The van der Waals surface area contributed by atoms with Crippen LogP contribution >= 0.6 is 0 Å². The van der Waals surface area contributed by atoms with E-state index in [1.165, 1.54) is 18.3 Å². The highest BCUT2D eigenvalue weighted by atomic mass is 19.4. The SMILES string of the molecule is CN(C(=O)c1cc2c(cn1)nc(N)c1cnn(C)c12)[C@@H]1c2ccc(C(F)(F)F)cc2[C@@H]2C[C@H]12. The Morgan fingerprint density at radius 2 is 1.97 bits per heavy atom. The van der Waals surface area contributed by atoms with E-state index >= 15 is 0 Å². The zero-order chi connectivity index (χ0) is 23.2. The Balaban J connectivity index is 1.39. The number of alkyl halides is 3. The summed E-state index contributed by atoms with van der Waals surface area (Å²) in [6.45, 7) is 0. The number of fused-ring (bicyclic) bond motifs is 6. The minimum Gasteiger partial charge on any atom is -0.383 e. The lowest BCUT2D eigenvalue weighted by Gasteiger charge is -2.27. The van der Waals surface area contributed by atoms with Crippen LogP contribution in [-0.2, 0) is 13.2 Å². The van der Waals surface area contributed by atoms with Gasteiger partial charge in [-0.2, -0.15) is 18.3 Å². The molecular weight excluding hydrogens is 433 g/mol. The Morgan fingerprint density at radius 3 is 2.73 bits per heavy atom. The maximum absolute atomic E-state index is 13.4. The molecule has 33 heavy (non-hydrogen) atoms. The summed E-state index contributed by atoms with van der Waals surface area (Å²) in [5.74, 6) is 0.230. The topological polar surface area (TPSA) is 89.9 Å². The van der Waals surface area contributed by atoms with Crippen molar-refractivity contribution in [2.75, 3.05) is 12.8 Å². The number of benzene rings is 1. The number of hydrogen-bond acceptors (Lipinski definition) is 5. The first-order valence-corrected chi connectivity index (χ1v) is 10.5. The van der Waals surface area contributed by atoms with E-state index in [9.17, 15) is 18.0 Å². The molecule has 4 aromatic rings. The number of halogens is 3. The lowest BCUT2D eigenvalue weighted by atomic mass is 9.98. The Labute approximate surface area is 186 Å². The summed E-state index contributed by atoms with van der Waals surface area (Å²) in [6.07, 6.45) is -0.468. The first-order valence-electron chi connectivity index (χ1n) is 10.5. The third-order valence-corrected chi connectivity index (χ3v) is 6.93. The van der Waals surface area contributed by atoms with Gasteiger partial charge in [-0.15, -0.1) is 0 Å². The normalized spacial score (nSPS) is 21.3. The Bertz CT molecular complexity index is 1480. The molecule has 0 bridgehead atoms. The van der Waals surface area contributed by atoms with Crippen LogP contribution in [0.5, 0.6) is 0 Å². The average Bonchev–Trinajstić information content (AvgIpc) is 3.35. The molecule has 1 amide bonds. The van der Waals surface area contributed by atoms with Gasteiger partial charge in [0.25, 0.3) is 5.91 Å². The third-order valence-electron chi connectivity index (χ3n) is 6.93. The van der Waals surface area contributed by atoms with E-state index in [2.05, 4.69) is 15.1 Å². The fraction of sp³-hybridized carbons (Fsp3) is 0.304. The zero-order valence-electron chi connectivity index (χ0n) is 17.8. The number of carbonyl (C=O) groups excluding carboxylic acids is 1. The summed E-state index contributed by atoms with van der Waals surface area (Å²) < 4.78 is 41.2. The minimum atomic E-state index is -4.39. The third kappa shape index (κ3) is 2.82. The van der Waals surface area contributed by atoms with Gasteiger partial charge >= 0.3 is 6.18 Å². The number of nitrogens with two attached hydrogens (primary N) is 1. The molecule has 0 spiro atoms. The number of amides is 1. The highest BCUT2D eigenvalue weighted by Gasteiger charge is 2.54. The van der Waals surface area contributed by atoms with E-state index in [1.54, 1.807) is 35.9 Å². The van der Waals surface area contributed by atoms with E-state index in [0.29, 0.717) is 27.7 Å². The maximum Gasteiger partial charge on any atom is 0.416 e. The van der Waals surface area contributed by atoms with Crippen LogP contribution < -0.4 is 5.73 Å². The predicted molar refractivity (Wildman–Crippen MR) is 115 cm³/mol. The molecule has 2 aliphatic rings. The summed E-state index contributed by atoms with van der Waals surface area (Å²) in [5.41, 5.74) is 8.40. The highest BCUT2D eigenvalue weighted by molar-refractivity contribution is 6.09. The number of nitrogens with zero attached hydrogens (tertiary/aromatic N) is 5. The predicted octanol–water partition coefficient (Wildman–Crippen LogP) is 4.05. The molecule has 0 saturated heterocycles. The van der Waals surface area contributed by atoms with Gasteiger partial charge in [-0.25, -0.2) is 9.97 Å². The summed E-state index contributed by atoms with van der Waals surface area (Å²) in [5, 5.41) is 5.64. The van der Waals surface area contributed by atoms with Crippen LogP contribution in [0.25, 0.3) is 21.8 Å². The van der Waals surface area contributed by atoms with Crippen LogP contribution in [0.1, 0.15) is 45.6 Å². The van der Waals surface area contributed by atoms with Gasteiger partial charge in [0.15, 0.2) is 0 Å². The van der Waals surface area contributed by atoms with Crippen molar-refractivity contribution in [1.29, 1.82) is 0 Å². The number of carbonyl (C=O) groups is 1. The standard InChI is InChI=1S/C23H19F3N6O/c1-31(19-11-4-3-10(23(24,25)26)5-12(11)13-6-14(13)19)22(33)17-7-15-18(9-28-17)30-21(27)16-8-29-32(2)20(15)16/h3-5,7-9,13-14,19H,6H2,1-2H3,(H2,27,30)/t13-,14-,19+/m0/s1. The first kappa shape index (κ1) is 20.0. The van der Waals surface area contributed by atoms with Crippen LogP contribution in [0.3, 0.4) is 0 Å². The Hall–Kier alpha value is -3.69. The minimum absolute atomic E-state index is 0.0633. The van der Waals surface area contributed by atoms with Gasteiger partial charge in [-0.3, -0.25) is 9.48 Å². The molecule has 168 valence electrons. The summed E-state index contributed by atoms with van der Waals surface area (Å²) in [7, 11) is 3.47. The molecule has 0 unspecified atom stereocenters. The first-order chi connectivity index (χ1) is 15.6. The molecule has 6 rings (SSSR count). The van der Waals surface area contributed by atoms with Crippen molar-refractivity contribution in [2.24, 2.45) is 13.0 Å².